The highest BCUT2D eigenvalue weighted by Crippen LogP contribution is 2.23. The molecule has 0 amide bonds. The van der Waals surface area contributed by atoms with Crippen molar-refractivity contribution in [2.75, 3.05) is 0 Å². The molecule has 0 saturated carbocycles. The summed E-state index contributed by atoms with van der Waals surface area (Å²) in [6.45, 7) is 2.35. The molecule has 0 saturated heterocycles. The largest absolute Gasteiger partial charge is 0.322 e. The number of hydrogen-bond donors (Lipinski definition) is 0. The molecule has 0 bridgehead atoms. The predicted octanol–water partition coefficient (Wildman–Crippen LogP) is 3.14. The zero-order chi connectivity index (χ0) is 15.1. The van der Waals surface area contributed by atoms with Crippen LogP contribution < -0.4 is 0 Å². The van der Waals surface area contributed by atoms with Crippen LogP contribution in [0.1, 0.15) is 17.1 Å². The van der Waals surface area contributed by atoms with Crippen LogP contribution in [0.25, 0.3) is 11.0 Å². The van der Waals surface area contributed by atoms with Crippen molar-refractivity contribution in [3.8, 4) is 0 Å². The van der Waals surface area contributed by atoms with Gasteiger partial charge < -0.3 is 4.57 Å². The number of halogens is 3. The Hall–Kier alpha value is -1.95. The zero-order valence-electron chi connectivity index (χ0n) is 11.6. The van der Waals surface area contributed by atoms with E-state index in [1.807, 2.05) is 14.0 Å². The minimum Gasteiger partial charge on any atom is -0.322 e. The summed E-state index contributed by atoms with van der Waals surface area (Å²) in [6.07, 6.45) is 1.73. The van der Waals surface area contributed by atoms with E-state index >= 15 is 0 Å². The Morgan fingerprint density at radius 2 is 2.05 bits per heavy atom. The fourth-order valence-electron chi connectivity index (χ4n) is 2.35. The second kappa shape index (κ2) is 5.11. The van der Waals surface area contributed by atoms with E-state index in [1.165, 1.54) is 6.07 Å². The monoisotopic (exact) mass is 310 g/mol. The van der Waals surface area contributed by atoms with Crippen molar-refractivity contribution in [3.05, 3.63) is 47.0 Å². The van der Waals surface area contributed by atoms with Gasteiger partial charge in [0.25, 0.3) is 0 Å². The molecule has 0 N–H and O–H groups in total. The number of nitrogens with zero attached hydrogens (tertiary/aromatic N) is 4. The van der Waals surface area contributed by atoms with E-state index in [4.69, 9.17) is 11.6 Å². The highest BCUT2D eigenvalue weighted by molar-refractivity contribution is 6.16. The van der Waals surface area contributed by atoms with Gasteiger partial charge in [0.1, 0.15) is 17.2 Å². The van der Waals surface area contributed by atoms with Gasteiger partial charge in [0.2, 0.25) is 0 Å². The topological polar surface area (TPSA) is 35.6 Å². The molecule has 0 aliphatic rings. The molecular formula is C14H13ClF2N4. The van der Waals surface area contributed by atoms with Crippen LogP contribution in [0.15, 0.2) is 18.3 Å². The van der Waals surface area contributed by atoms with Gasteiger partial charge in [-0.2, -0.15) is 5.10 Å². The third kappa shape index (κ3) is 2.29. The van der Waals surface area contributed by atoms with E-state index in [2.05, 4.69) is 10.1 Å². The molecule has 1 aromatic carbocycles. The van der Waals surface area contributed by atoms with Gasteiger partial charge in [-0.3, -0.25) is 4.68 Å². The number of imidazole rings is 1. The van der Waals surface area contributed by atoms with Gasteiger partial charge in [-0.25, -0.2) is 13.8 Å². The summed E-state index contributed by atoms with van der Waals surface area (Å²) in [7, 11) is 1.84. The van der Waals surface area contributed by atoms with Crippen LogP contribution in [0, 0.1) is 18.6 Å². The summed E-state index contributed by atoms with van der Waals surface area (Å²) in [5.74, 6) is -0.697. The predicted molar refractivity (Wildman–Crippen MR) is 76.3 cm³/mol. The number of fused-ring (bicyclic) bond motifs is 1. The second-order valence-electron chi connectivity index (χ2n) is 4.88. The van der Waals surface area contributed by atoms with Crippen LogP contribution in [0.5, 0.6) is 0 Å². The average molecular weight is 311 g/mol. The quantitative estimate of drug-likeness (QED) is 0.697. The Kier molecular flexibility index (Phi) is 3.41. The van der Waals surface area contributed by atoms with Crippen molar-refractivity contribution in [1.82, 2.24) is 19.3 Å². The summed E-state index contributed by atoms with van der Waals surface area (Å²) < 4.78 is 30.8. The Balaban J connectivity index is 2.18. The van der Waals surface area contributed by atoms with Gasteiger partial charge in [-0.1, -0.05) is 0 Å². The van der Waals surface area contributed by atoms with Crippen LogP contribution >= 0.6 is 11.6 Å². The molecule has 0 atom stereocenters. The van der Waals surface area contributed by atoms with Gasteiger partial charge in [0.05, 0.1) is 24.1 Å². The van der Waals surface area contributed by atoms with Crippen LogP contribution in [0.3, 0.4) is 0 Å². The Morgan fingerprint density at radius 1 is 1.29 bits per heavy atom. The maximum absolute atomic E-state index is 13.8. The summed E-state index contributed by atoms with van der Waals surface area (Å²) in [4.78, 5) is 4.17. The third-order valence-corrected chi connectivity index (χ3v) is 3.88. The number of rotatable bonds is 3. The molecule has 110 valence electrons. The fraction of sp³-hybridized carbons (Fsp3) is 0.286. The number of hydrogen-bond acceptors (Lipinski definition) is 2. The lowest BCUT2D eigenvalue weighted by atomic mass is 10.2. The highest BCUT2D eigenvalue weighted by atomic mass is 35.5. The van der Waals surface area contributed by atoms with Crippen molar-refractivity contribution >= 4 is 22.6 Å². The zero-order valence-corrected chi connectivity index (χ0v) is 12.3. The van der Waals surface area contributed by atoms with Gasteiger partial charge in [0.15, 0.2) is 5.82 Å². The molecule has 2 aromatic heterocycles. The number of alkyl halides is 1. The first kappa shape index (κ1) is 14.0. The molecule has 3 rings (SSSR count). The van der Waals surface area contributed by atoms with Crippen molar-refractivity contribution in [1.29, 1.82) is 0 Å². The average Bonchev–Trinajstić information content (AvgIpc) is 2.95. The van der Waals surface area contributed by atoms with Gasteiger partial charge in [-0.15, -0.1) is 11.6 Å². The SMILES string of the molecule is Cc1c(Cn2c(CCl)nc3c(F)cc(F)cc32)cnn1C. The smallest absolute Gasteiger partial charge is 0.153 e. The van der Waals surface area contributed by atoms with E-state index in [0.717, 1.165) is 17.3 Å². The summed E-state index contributed by atoms with van der Waals surface area (Å²) in [5.41, 5.74) is 2.46. The Labute approximate surface area is 125 Å². The number of benzene rings is 1. The van der Waals surface area contributed by atoms with E-state index < -0.39 is 11.6 Å². The molecule has 0 unspecified atom stereocenters. The van der Waals surface area contributed by atoms with E-state index in [9.17, 15) is 8.78 Å². The van der Waals surface area contributed by atoms with Crippen molar-refractivity contribution in [2.45, 2.75) is 19.3 Å². The van der Waals surface area contributed by atoms with E-state index in [1.54, 1.807) is 15.4 Å². The molecule has 2 heterocycles. The molecule has 3 aromatic rings. The van der Waals surface area contributed by atoms with E-state index in [0.29, 0.717) is 17.9 Å². The first-order valence-electron chi connectivity index (χ1n) is 6.39. The summed E-state index contributed by atoms with van der Waals surface area (Å²) in [5, 5.41) is 4.17. The lowest BCUT2D eigenvalue weighted by molar-refractivity contribution is 0.590. The van der Waals surface area contributed by atoms with Crippen LogP contribution in [0.4, 0.5) is 8.78 Å². The Bertz CT molecular complexity index is 822. The second-order valence-corrected chi connectivity index (χ2v) is 5.15. The minimum absolute atomic E-state index is 0.120. The molecule has 0 spiro atoms. The molecule has 21 heavy (non-hydrogen) atoms. The third-order valence-electron chi connectivity index (χ3n) is 3.64. The molecule has 4 nitrogen and oxygen atoms in total. The number of aryl methyl sites for hydroxylation is 1. The molecular weight excluding hydrogens is 298 g/mol. The maximum Gasteiger partial charge on any atom is 0.153 e. The van der Waals surface area contributed by atoms with Crippen LogP contribution in [-0.2, 0) is 19.5 Å². The van der Waals surface area contributed by atoms with Crippen LogP contribution in [-0.4, -0.2) is 19.3 Å². The van der Waals surface area contributed by atoms with Crippen LogP contribution in [0.2, 0.25) is 0 Å². The lowest BCUT2D eigenvalue weighted by Crippen LogP contribution is -2.05. The van der Waals surface area contributed by atoms with Crippen molar-refractivity contribution in [3.63, 3.8) is 0 Å². The molecule has 0 aliphatic carbocycles. The standard InChI is InChI=1S/C14H13ClF2N4/c1-8-9(6-18-20(8)2)7-21-12-4-10(16)3-11(17)14(12)19-13(21)5-15/h3-4,6H,5,7H2,1-2H3. The van der Waals surface area contributed by atoms with E-state index in [-0.39, 0.29) is 11.4 Å². The fourth-order valence-corrected chi connectivity index (χ4v) is 2.55. The van der Waals surface area contributed by atoms with Gasteiger partial charge in [0, 0.05) is 24.4 Å². The highest BCUT2D eigenvalue weighted by Gasteiger charge is 2.16. The van der Waals surface area contributed by atoms with Crippen molar-refractivity contribution < 1.29 is 8.78 Å². The molecule has 0 radical (unpaired) electrons. The first-order chi connectivity index (χ1) is 10.0. The van der Waals surface area contributed by atoms with Crippen molar-refractivity contribution in [2.24, 2.45) is 7.05 Å². The molecule has 7 heteroatoms. The number of aromatic nitrogens is 4. The van der Waals surface area contributed by atoms with Gasteiger partial charge >= 0.3 is 0 Å². The molecule has 0 aliphatic heterocycles. The first-order valence-corrected chi connectivity index (χ1v) is 6.92. The maximum atomic E-state index is 13.8. The normalized spacial score (nSPS) is 11.5. The van der Waals surface area contributed by atoms with Gasteiger partial charge in [-0.05, 0) is 13.0 Å². The summed E-state index contributed by atoms with van der Waals surface area (Å²) in [6, 6.07) is 2.10. The summed E-state index contributed by atoms with van der Waals surface area (Å²) >= 11 is 5.89. The lowest BCUT2D eigenvalue weighted by Gasteiger charge is -2.07. The Morgan fingerprint density at radius 3 is 2.67 bits per heavy atom. The molecule has 0 fully saturated rings. The minimum atomic E-state index is -0.682.